The molecule has 0 saturated carbocycles. The number of urea groups is 1. The van der Waals surface area contributed by atoms with Gasteiger partial charge in [-0.2, -0.15) is 0 Å². The van der Waals surface area contributed by atoms with Gasteiger partial charge >= 0.3 is 12.0 Å². The van der Waals surface area contributed by atoms with Crippen LogP contribution in [0, 0.1) is 0 Å². The van der Waals surface area contributed by atoms with Crippen molar-refractivity contribution in [2.24, 2.45) is 0 Å². The fourth-order valence-corrected chi connectivity index (χ4v) is 4.39. The molecule has 1 spiro atoms. The molecule has 1 fully saturated rings. The topological polar surface area (TPSA) is 85.9 Å². The van der Waals surface area contributed by atoms with Gasteiger partial charge in [-0.15, -0.1) is 0 Å². The van der Waals surface area contributed by atoms with E-state index in [9.17, 15) is 9.59 Å². The Kier molecular flexibility index (Phi) is 5.05. The summed E-state index contributed by atoms with van der Waals surface area (Å²) in [6, 6.07) is 15.5. The Labute approximate surface area is 175 Å². The quantitative estimate of drug-likeness (QED) is 0.755. The molecule has 0 aliphatic carbocycles. The number of rotatable bonds is 4. The van der Waals surface area contributed by atoms with Gasteiger partial charge in [0.2, 0.25) is 0 Å². The lowest BCUT2D eigenvalue weighted by Gasteiger charge is -2.49. The zero-order valence-corrected chi connectivity index (χ0v) is 17.4. The van der Waals surface area contributed by atoms with Crippen LogP contribution in [0.25, 0.3) is 0 Å². The van der Waals surface area contributed by atoms with Gasteiger partial charge in [-0.05, 0) is 25.5 Å². The van der Waals surface area contributed by atoms with Gasteiger partial charge in [0.25, 0.3) is 0 Å². The van der Waals surface area contributed by atoms with Crippen molar-refractivity contribution >= 4 is 12.0 Å². The predicted octanol–water partition coefficient (Wildman–Crippen LogP) is 3.33. The van der Waals surface area contributed by atoms with Crippen molar-refractivity contribution in [2.45, 2.75) is 43.9 Å². The molecule has 1 saturated heterocycles. The summed E-state index contributed by atoms with van der Waals surface area (Å²) in [6.45, 7) is 3.79. The van der Waals surface area contributed by atoms with Crippen LogP contribution in [0.3, 0.4) is 0 Å². The second-order valence-corrected chi connectivity index (χ2v) is 8.47. The number of esters is 1. The molecule has 2 atom stereocenters. The highest BCUT2D eigenvalue weighted by Crippen LogP contribution is 2.47. The number of fused-ring (bicyclic) bond motifs is 1. The number of ether oxygens (including phenoxy) is 3. The van der Waals surface area contributed by atoms with E-state index in [1.807, 2.05) is 44.2 Å². The zero-order chi connectivity index (χ0) is 21.4. The molecule has 0 bridgehead atoms. The molecule has 30 heavy (non-hydrogen) atoms. The van der Waals surface area contributed by atoms with Gasteiger partial charge < -0.3 is 24.8 Å². The third kappa shape index (κ3) is 4.06. The molecule has 0 unspecified atom stereocenters. The van der Waals surface area contributed by atoms with E-state index in [0.29, 0.717) is 24.3 Å². The van der Waals surface area contributed by atoms with Crippen LogP contribution >= 0.6 is 0 Å². The summed E-state index contributed by atoms with van der Waals surface area (Å²) in [5.41, 5.74) is 0.901. The second kappa shape index (κ2) is 7.55. The van der Waals surface area contributed by atoms with Crippen LogP contribution in [0.2, 0.25) is 0 Å². The number of carbonyl (C=O) groups is 2. The number of nitrogens with one attached hydrogen (secondary N) is 2. The van der Waals surface area contributed by atoms with E-state index in [4.69, 9.17) is 9.47 Å². The third-order valence-corrected chi connectivity index (χ3v) is 5.51. The van der Waals surface area contributed by atoms with Crippen LogP contribution in [-0.2, 0) is 9.53 Å². The van der Waals surface area contributed by atoms with Crippen molar-refractivity contribution in [2.75, 3.05) is 13.7 Å². The van der Waals surface area contributed by atoms with Gasteiger partial charge in [0.1, 0.15) is 11.5 Å². The molecule has 7 heteroatoms. The van der Waals surface area contributed by atoms with Crippen molar-refractivity contribution in [1.29, 1.82) is 0 Å². The minimum Gasteiger partial charge on any atom is -0.482 e. The molecule has 2 aliphatic rings. The van der Waals surface area contributed by atoms with Gasteiger partial charge in [0.05, 0.1) is 7.11 Å². The van der Waals surface area contributed by atoms with Crippen molar-refractivity contribution in [1.82, 2.24) is 10.6 Å². The Morgan fingerprint density at radius 2 is 1.93 bits per heavy atom. The first-order valence-electron chi connectivity index (χ1n) is 9.97. The zero-order valence-electron chi connectivity index (χ0n) is 17.4. The highest BCUT2D eigenvalue weighted by atomic mass is 16.6. The van der Waals surface area contributed by atoms with Gasteiger partial charge in [-0.1, -0.05) is 36.4 Å². The molecular weight excluding hydrogens is 384 g/mol. The molecule has 2 amide bonds. The van der Waals surface area contributed by atoms with E-state index < -0.39 is 17.2 Å². The Balaban J connectivity index is 1.73. The van der Waals surface area contributed by atoms with E-state index in [1.54, 1.807) is 6.07 Å². The standard InChI is InChI=1S/C23H26N2O5/c1-22(2)14-23(25-21(27)24-22)12-18(15-7-5-4-6-8-15)17-10-9-16(11-19(17)30-23)29-13-20(26)28-3/h4-11,18H,12-14H2,1-3H3,(H2,24,25,27)/t18-,23-/m0/s1. The first-order valence-corrected chi connectivity index (χ1v) is 9.97. The van der Waals surface area contributed by atoms with Gasteiger partial charge in [-0.25, -0.2) is 9.59 Å². The Morgan fingerprint density at radius 1 is 1.17 bits per heavy atom. The summed E-state index contributed by atoms with van der Waals surface area (Å²) in [7, 11) is 1.32. The summed E-state index contributed by atoms with van der Waals surface area (Å²) in [4.78, 5) is 23.8. The summed E-state index contributed by atoms with van der Waals surface area (Å²) >= 11 is 0. The van der Waals surface area contributed by atoms with Crippen LogP contribution in [-0.4, -0.2) is 37.0 Å². The highest BCUT2D eigenvalue weighted by molar-refractivity contribution is 5.77. The maximum absolute atomic E-state index is 12.4. The van der Waals surface area contributed by atoms with Crippen LogP contribution in [0.15, 0.2) is 48.5 Å². The minimum atomic E-state index is -0.847. The van der Waals surface area contributed by atoms with Crippen molar-refractivity contribution in [3.8, 4) is 11.5 Å². The largest absolute Gasteiger partial charge is 0.482 e. The molecule has 4 rings (SSSR count). The molecular formula is C23H26N2O5. The fraction of sp³-hybridized carbons (Fsp3) is 0.391. The van der Waals surface area contributed by atoms with Crippen LogP contribution < -0.4 is 20.1 Å². The number of amides is 2. The number of carbonyl (C=O) groups excluding carboxylic acids is 2. The van der Waals surface area contributed by atoms with Gasteiger partial charge in [0.15, 0.2) is 12.3 Å². The number of methoxy groups -OCH3 is 1. The first-order chi connectivity index (χ1) is 14.3. The van der Waals surface area contributed by atoms with E-state index in [-0.39, 0.29) is 18.6 Å². The molecule has 2 N–H and O–H groups in total. The number of hydrogen-bond acceptors (Lipinski definition) is 5. The van der Waals surface area contributed by atoms with E-state index in [0.717, 1.165) is 11.1 Å². The van der Waals surface area contributed by atoms with E-state index in [1.165, 1.54) is 7.11 Å². The summed E-state index contributed by atoms with van der Waals surface area (Å²) in [5.74, 6) is 0.719. The lowest BCUT2D eigenvalue weighted by atomic mass is 9.77. The molecule has 0 aromatic heterocycles. The van der Waals surface area contributed by atoms with Crippen molar-refractivity contribution in [3.05, 3.63) is 59.7 Å². The molecule has 2 aliphatic heterocycles. The predicted molar refractivity (Wildman–Crippen MR) is 111 cm³/mol. The lowest BCUT2D eigenvalue weighted by molar-refractivity contribution is -0.142. The summed E-state index contributed by atoms with van der Waals surface area (Å²) in [5, 5.41) is 5.97. The third-order valence-electron chi connectivity index (χ3n) is 5.51. The van der Waals surface area contributed by atoms with Crippen LogP contribution in [0.4, 0.5) is 4.79 Å². The van der Waals surface area contributed by atoms with Crippen LogP contribution in [0.1, 0.15) is 43.7 Å². The molecule has 2 heterocycles. The Morgan fingerprint density at radius 3 is 2.63 bits per heavy atom. The van der Waals surface area contributed by atoms with Gasteiger partial charge in [-0.3, -0.25) is 0 Å². The number of hydrogen-bond donors (Lipinski definition) is 2. The maximum atomic E-state index is 12.4. The number of benzene rings is 2. The summed E-state index contributed by atoms with van der Waals surface area (Å²) in [6.07, 6.45) is 1.21. The summed E-state index contributed by atoms with van der Waals surface area (Å²) < 4.78 is 16.6. The van der Waals surface area contributed by atoms with Crippen LogP contribution in [0.5, 0.6) is 11.5 Å². The van der Waals surface area contributed by atoms with Crippen molar-refractivity contribution in [3.63, 3.8) is 0 Å². The minimum absolute atomic E-state index is 0.0406. The molecule has 0 radical (unpaired) electrons. The average molecular weight is 410 g/mol. The normalized spacial score (nSPS) is 24.1. The fourth-order valence-electron chi connectivity index (χ4n) is 4.39. The smallest absolute Gasteiger partial charge is 0.343 e. The Bertz CT molecular complexity index is 959. The second-order valence-electron chi connectivity index (χ2n) is 8.47. The molecule has 7 nitrogen and oxygen atoms in total. The molecule has 2 aromatic carbocycles. The Hall–Kier alpha value is -3.22. The SMILES string of the molecule is COC(=O)COc1ccc2c(c1)O[C@@]1(C[C@H]2c2ccccc2)CC(C)(C)NC(=O)N1. The lowest BCUT2D eigenvalue weighted by Crippen LogP contribution is -2.69. The monoisotopic (exact) mass is 410 g/mol. The maximum Gasteiger partial charge on any atom is 0.343 e. The van der Waals surface area contributed by atoms with Crippen molar-refractivity contribution < 1.29 is 23.8 Å². The first kappa shape index (κ1) is 20.1. The molecule has 158 valence electrons. The highest BCUT2D eigenvalue weighted by Gasteiger charge is 2.49. The molecule has 2 aromatic rings. The average Bonchev–Trinajstić information content (AvgIpc) is 2.70. The van der Waals surface area contributed by atoms with E-state index >= 15 is 0 Å². The van der Waals surface area contributed by atoms with Gasteiger partial charge in [0, 0.05) is 35.9 Å². The van der Waals surface area contributed by atoms with E-state index in [2.05, 4.69) is 27.5 Å².